The number of hydrogen-bond donors (Lipinski definition) is 4. The van der Waals surface area contributed by atoms with Crippen molar-refractivity contribution in [2.24, 2.45) is 0 Å². The van der Waals surface area contributed by atoms with E-state index in [-0.39, 0.29) is 0 Å². The zero-order chi connectivity index (χ0) is 7.52. The molecule has 2 aliphatic heterocycles. The van der Waals surface area contributed by atoms with Crippen molar-refractivity contribution in [1.29, 1.82) is 0 Å². The molecular formula is C7H16N4. The van der Waals surface area contributed by atoms with E-state index in [1.54, 1.807) is 0 Å². The van der Waals surface area contributed by atoms with Crippen LogP contribution < -0.4 is 21.3 Å². The van der Waals surface area contributed by atoms with Crippen molar-refractivity contribution in [3.8, 4) is 0 Å². The molecule has 0 spiro atoms. The van der Waals surface area contributed by atoms with Crippen LogP contribution in [0.5, 0.6) is 0 Å². The van der Waals surface area contributed by atoms with E-state index in [0.29, 0.717) is 12.2 Å². The zero-order valence-electron chi connectivity index (χ0n) is 6.69. The Hall–Kier alpha value is -0.160. The SMILES string of the molecule is C1CNC(C2NCCN2)CN1. The third-order valence-corrected chi connectivity index (χ3v) is 2.33. The van der Waals surface area contributed by atoms with Crippen LogP contribution in [0.25, 0.3) is 0 Å². The molecule has 4 heteroatoms. The Kier molecular flexibility index (Phi) is 2.38. The van der Waals surface area contributed by atoms with Gasteiger partial charge in [0.2, 0.25) is 0 Å². The average molecular weight is 156 g/mol. The van der Waals surface area contributed by atoms with Crippen LogP contribution in [-0.2, 0) is 0 Å². The molecule has 2 aliphatic rings. The summed E-state index contributed by atoms with van der Waals surface area (Å²) in [7, 11) is 0. The Balaban J connectivity index is 1.82. The summed E-state index contributed by atoms with van der Waals surface area (Å²) in [6, 6.07) is 0.561. The van der Waals surface area contributed by atoms with Crippen LogP contribution in [0.15, 0.2) is 0 Å². The minimum atomic E-state index is 0.475. The highest BCUT2D eigenvalue weighted by Crippen LogP contribution is 1.95. The molecule has 2 saturated heterocycles. The quantitative estimate of drug-likeness (QED) is 0.357. The molecule has 2 rings (SSSR count). The van der Waals surface area contributed by atoms with Gasteiger partial charge >= 0.3 is 0 Å². The van der Waals surface area contributed by atoms with Gasteiger partial charge in [0.15, 0.2) is 0 Å². The monoisotopic (exact) mass is 156 g/mol. The third-order valence-electron chi connectivity index (χ3n) is 2.33. The van der Waals surface area contributed by atoms with Crippen molar-refractivity contribution >= 4 is 0 Å². The highest BCUT2D eigenvalue weighted by atomic mass is 15.2. The fraction of sp³-hybridized carbons (Fsp3) is 1.00. The molecule has 0 aliphatic carbocycles. The van der Waals surface area contributed by atoms with E-state index in [2.05, 4.69) is 21.3 Å². The molecule has 0 aromatic carbocycles. The molecule has 11 heavy (non-hydrogen) atoms. The zero-order valence-corrected chi connectivity index (χ0v) is 6.69. The van der Waals surface area contributed by atoms with Crippen LogP contribution in [0.4, 0.5) is 0 Å². The highest BCUT2D eigenvalue weighted by Gasteiger charge is 2.24. The van der Waals surface area contributed by atoms with Crippen molar-refractivity contribution in [3.05, 3.63) is 0 Å². The molecule has 0 bridgehead atoms. The highest BCUT2D eigenvalue weighted by molar-refractivity contribution is 4.88. The summed E-state index contributed by atoms with van der Waals surface area (Å²) >= 11 is 0. The molecule has 1 atom stereocenters. The van der Waals surface area contributed by atoms with Gasteiger partial charge in [0.1, 0.15) is 0 Å². The van der Waals surface area contributed by atoms with Gasteiger partial charge in [0, 0.05) is 38.8 Å². The molecule has 0 amide bonds. The number of piperazine rings is 1. The lowest BCUT2D eigenvalue weighted by Crippen LogP contribution is -2.59. The molecule has 0 saturated carbocycles. The number of rotatable bonds is 1. The van der Waals surface area contributed by atoms with Crippen LogP contribution in [0.1, 0.15) is 0 Å². The molecule has 0 radical (unpaired) electrons. The normalized spacial score (nSPS) is 34.4. The lowest BCUT2D eigenvalue weighted by atomic mass is 10.2. The standard InChI is InChI=1S/C7H16N4/c1-2-9-6(5-8-1)7-10-3-4-11-7/h6-11H,1-5H2. The Morgan fingerprint density at radius 2 is 1.55 bits per heavy atom. The van der Waals surface area contributed by atoms with Crippen LogP contribution in [0, 0.1) is 0 Å². The Labute approximate surface area is 67.1 Å². The Morgan fingerprint density at radius 3 is 2.18 bits per heavy atom. The maximum atomic E-state index is 3.47. The third kappa shape index (κ3) is 1.70. The molecule has 64 valence electrons. The van der Waals surface area contributed by atoms with Crippen molar-refractivity contribution in [1.82, 2.24) is 21.3 Å². The van der Waals surface area contributed by atoms with Gasteiger partial charge in [-0.1, -0.05) is 0 Å². The van der Waals surface area contributed by atoms with E-state index < -0.39 is 0 Å². The van der Waals surface area contributed by atoms with E-state index >= 15 is 0 Å². The van der Waals surface area contributed by atoms with Crippen LogP contribution in [0.2, 0.25) is 0 Å². The summed E-state index contributed by atoms with van der Waals surface area (Å²) in [4.78, 5) is 0. The summed E-state index contributed by atoms with van der Waals surface area (Å²) in [6.07, 6.45) is 0.475. The molecule has 2 heterocycles. The van der Waals surface area contributed by atoms with E-state index in [9.17, 15) is 0 Å². The second kappa shape index (κ2) is 3.49. The largest absolute Gasteiger partial charge is 0.314 e. The van der Waals surface area contributed by atoms with Gasteiger partial charge in [-0.15, -0.1) is 0 Å². The van der Waals surface area contributed by atoms with Crippen LogP contribution >= 0.6 is 0 Å². The van der Waals surface area contributed by atoms with Gasteiger partial charge < -0.3 is 10.6 Å². The summed E-state index contributed by atoms with van der Waals surface area (Å²) in [5.74, 6) is 0. The minimum absolute atomic E-state index is 0.475. The second-order valence-electron chi connectivity index (χ2n) is 3.15. The molecule has 0 aromatic rings. The first kappa shape index (κ1) is 7.49. The van der Waals surface area contributed by atoms with Crippen molar-refractivity contribution in [3.63, 3.8) is 0 Å². The van der Waals surface area contributed by atoms with Crippen molar-refractivity contribution in [2.45, 2.75) is 12.2 Å². The molecule has 2 fully saturated rings. The first-order chi connectivity index (χ1) is 5.47. The first-order valence-corrected chi connectivity index (χ1v) is 4.38. The smallest absolute Gasteiger partial charge is 0.0743 e. The number of hydrogen-bond acceptors (Lipinski definition) is 4. The van der Waals surface area contributed by atoms with Gasteiger partial charge in [-0.05, 0) is 0 Å². The fourth-order valence-corrected chi connectivity index (χ4v) is 1.72. The minimum Gasteiger partial charge on any atom is -0.314 e. The summed E-state index contributed by atoms with van der Waals surface area (Å²) < 4.78 is 0. The van der Waals surface area contributed by atoms with Gasteiger partial charge in [0.25, 0.3) is 0 Å². The molecule has 0 aromatic heterocycles. The summed E-state index contributed by atoms with van der Waals surface area (Å²) in [5, 5.41) is 13.7. The van der Waals surface area contributed by atoms with Gasteiger partial charge in [-0.25, -0.2) is 0 Å². The number of nitrogens with one attached hydrogen (secondary N) is 4. The Bertz CT molecular complexity index is 116. The summed E-state index contributed by atoms with van der Waals surface area (Å²) in [6.45, 7) is 5.46. The van der Waals surface area contributed by atoms with Crippen LogP contribution in [0.3, 0.4) is 0 Å². The topological polar surface area (TPSA) is 48.1 Å². The lowest BCUT2D eigenvalue weighted by Gasteiger charge is -2.29. The van der Waals surface area contributed by atoms with E-state index in [4.69, 9.17) is 0 Å². The molecular weight excluding hydrogens is 140 g/mol. The van der Waals surface area contributed by atoms with Crippen molar-refractivity contribution in [2.75, 3.05) is 32.7 Å². The molecule has 4 nitrogen and oxygen atoms in total. The van der Waals surface area contributed by atoms with E-state index in [1.165, 1.54) is 0 Å². The predicted molar refractivity (Wildman–Crippen MR) is 44.5 cm³/mol. The molecule has 1 unspecified atom stereocenters. The molecule has 4 N–H and O–H groups in total. The fourth-order valence-electron chi connectivity index (χ4n) is 1.72. The maximum absolute atomic E-state index is 3.47. The maximum Gasteiger partial charge on any atom is 0.0743 e. The van der Waals surface area contributed by atoms with Crippen LogP contribution in [-0.4, -0.2) is 44.9 Å². The van der Waals surface area contributed by atoms with Gasteiger partial charge in [0.05, 0.1) is 6.17 Å². The van der Waals surface area contributed by atoms with Gasteiger partial charge in [-0.2, -0.15) is 0 Å². The van der Waals surface area contributed by atoms with E-state index in [1.807, 2.05) is 0 Å². The Morgan fingerprint density at radius 1 is 0.818 bits per heavy atom. The van der Waals surface area contributed by atoms with Gasteiger partial charge in [-0.3, -0.25) is 10.6 Å². The predicted octanol–water partition coefficient (Wildman–Crippen LogP) is -1.93. The van der Waals surface area contributed by atoms with Crippen molar-refractivity contribution < 1.29 is 0 Å². The first-order valence-electron chi connectivity index (χ1n) is 4.38. The average Bonchev–Trinajstić information content (AvgIpc) is 2.58. The lowest BCUT2D eigenvalue weighted by molar-refractivity contribution is 0.329. The summed E-state index contributed by atoms with van der Waals surface area (Å²) in [5.41, 5.74) is 0. The van der Waals surface area contributed by atoms with E-state index in [0.717, 1.165) is 32.7 Å². The second-order valence-corrected chi connectivity index (χ2v) is 3.15.